The zero-order valence-electron chi connectivity index (χ0n) is 14.1. The number of rotatable bonds is 5. The molecular formula is C16H32ClN3O2. The highest BCUT2D eigenvalue weighted by Crippen LogP contribution is 2.20. The van der Waals surface area contributed by atoms with Crippen molar-refractivity contribution in [2.75, 3.05) is 13.6 Å². The number of amides is 2. The fourth-order valence-electron chi connectivity index (χ4n) is 2.73. The van der Waals surface area contributed by atoms with Gasteiger partial charge in [0.15, 0.2) is 0 Å². The normalized spacial score (nSPS) is 17.9. The number of nitrogens with one attached hydrogen (secondary N) is 1. The molecule has 1 saturated carbocycles. The molecule has 0 aromatic heterocycles. The van der Waals surface area contributed by atoms with Crippen molar-refractivity contribution in [3.63, 3.8) is 0 Å². The van der Waals surface area contributed by atoms with E-state index in [1.165, 1.54) is 32.1 Å². The van der Waals surface area contributed by atoms with Gasteiger partial charge in [0.05, 0.1) is 12.6 Å². The van der Waals surface area contributed by atoms with E-state index in [0.717, 1.165) is 12.8 Å². The van der Waals surface area contributed by atoms with Crippen molar-refractivity contribution < 1.29 is 9.59 Å². The molecule has 0 aromatic carbocycles. The van der Waals surface area contributed by atoms with E-state index in [1.807, 2.05) is 25.8 Å². The SMILES string of the molecule is CC(C)[C@H](N)C(=O)NCC(=O)N(C)C1CCCCCCC1.Cl. The lowest BCUT2D eigenvalue weighted by Gasteiger charge is -2.30. The van der Waals surface area contributed by atoms with Crippen LogP contribution in [0, 0.1) is 5.92 Å². The highest BCUT2D eigenvalue weighted by atomic mass is 35.5. The predicted molar refractivity (Wildman–Crippen MR) is 91.9 cm³/mol. The van der Waals surface area contributed by atoms with Gasteiger partial charge in [0.25, 0.3) is 0 Å². The summed E-state index contributed by atoms with van der Waals surface area (Å²) in [5.41, 5.74) is 5.77. The van der Waals surface area contributed by atoms with Gasteiger partial charge in [0.1, 0.15) is 0 Å². The number of nitrogens with two attached hydrogens (primary N) is 1. The van der Waals surface area contributed by atoms with Gasteiger partial charge in [0, 0.05) is 13.1 Å². The zero-order chi connectivity index (χ0) is 15.8. The first-order valence-electron chi connectivity index (χ1n) is 8.22. The first-order valence-corrected chi connectivity index (χ1v) is 8.22. The van der Waals surface area contributed by atoms with Gasteiger partial charge in [-0.1, -0.05) is 46.0 Å². The van der Waals surface area contributed by atoms with E-state index in [9.17, 15) is 9.59 Å². The average molecular weight is 334 g/mol. The molecule has 0 heterocycles. The Kier molecular flexibility index (Phi) is 10.4. The molecule has 130 valence electrons. The van der Waals surface area contributed by atoms with Crippen LogP contribution in [0.4, 0.5) is 0 Å². The monoisotopic (exact) mass is 333 g/mol. The third kappa shape index (κ3) is 6.97. The standard InChI is InChI=1S/C16H31N3O2.ClH/c1-12(2)15(17)16(21)18-11-14(20)19(3)13-9-7-5-4-6-8-10-13;/h12-13,15H,4-11,17H2,1-3H3,(H,18,21);1H/t15-;/m0./s1. The van der Waals surface area contributed by atoms with Crippen LogP contribution in [0.2, 0.25) is 0 Å². The van der Waals surface area contributed by atoms with Crippen LogP contribution in [0.25, 0.3) is 0 Å². The zero-order valence-corrected chi connectivity index (χ0v) is 15.0. The fraction of sp³-hybridized carbons (Fsp3) is 0.875. The maximum Gasteiger partial charge on any atom is 0.241 e. The Morgan fingerprint density at radius 3 is 2.14 bits per heavy atom. The van der Waals surface area contributed by atoms with Gasteiger partial charge in [-0.15, -0.1) is 12.4 Å². The predicted octanol–water partition coefficient (Wildman–Crippen LogP) is 2.08. The quantitative estimate of drug-likeness (QED) is 0.808. The molecule has 1 fully saturated rings. The number of nitrogens with zero attached hydrogens (tertiary/aromatic N) is 1. The van der Waals surface area contributed by atoms with Crippen LogP contribution in [-0.4, -0.2) is 42.4 Å². The van der Waals surface area contributed by atoms with Crippen LogP contribution in [0.5, 0.6) is 0 Å². The number of carbonyl (C=O) groups is 2. The lowest BCUT2D eigenvalue weighted by molar-refractivity contribution is -0.134. The highest BCUT2D eigenvalue weighted by molar-refractivity contribution is 5.87. The van der Waals surface area contributed by atoms with Gasteiger partial charge in [-0.25, -0.2) is 0 Å². The molecule has 2 amide bonds. The van der Waals surface area contributed by atoms with Crippen molar-refractivity contribution in [3.05, 3.63) is 0 Å². The Bertz CT molecular complexity index is 342. The second kappa shape index (κ2) is 10.8. The van der Waals surface area contributed by atoms with Crippen LogP contribution >= 0.6 is 12.4 Å². The summed E-state index contributed by atoms with van der Waals surface area (Å²) in [5, 5.41) is 2.66. The largest absolute Gasteiger partial charge is 0.346 e. The molecule has 0 unspecified atom stereocenters. The van der Waals surface area contributed by atoms with E-state index < -0.39 is 6.04 Å². The third-order valence-electron chi connectivity index (χ3n) is 4.45. The third-order valence-corrected chi connectivity index (χ3v) is 4.45. The second-order valence-corrected chi connectivity index (χ2v) is 6.49. The maximum atomic E-state index is 12.2. The first-order chi connectivity index (χ1) is 9.93. The van der Waals surface area contributed by atoms with E-state index in [1.54, 1.807) is 0 Å². The molecule has 1 aliphatic carbocycles. The molecule has 0 spiro atoms. The number of hydrogen-bond acceptors (Lipinski definition) is 3. The van der Waals surface area contributed by atoms with Crippen molar-refractivity contribution in [1.29, 1.82) is 0 Å². The summed E-state index contributed by atoms with van der Waals surface area (Å²) < 4.78 is 0. The molecule has 0 aromatic rings. The lowest BCUT2D eigenvalue weighted by Crippen LogP contribution is -2.49. The molecule has 5 nitrogen and oxygen atoms in total. The number of hydrogen-bond donors (Lipinski definition) is 2. The summed E-state index contributed by atoms with van der Waals surface area (Å²) in [6.07, 6.45) is 8.35. The molecule has 0 saturated heterocycles. The summed E-state index contributed by atoms with van der Waals surface area (Å²) in [7, 11) is 1.85. The molecular weight excluding hydrogens is 302 g/mol. The summed E-state index contributed by atoms with van der Waals surface area (Å²) >= 11 is 0. The maximum absolute atomic E-state index is 12.2. The molecule has 6 heteroatoms. The fourth-order valence-corrected chi connectivity index (χ4v) is 2.73. The summed E-state index contributed by atoms with van der Waals surface area (Å²) in [6, 6.07) is -0.238. The molecule has 1 aliphatic rings. The van der Waals surface area contributed by atoms with Crippen LogP contribution < -0.4 is 11.1 Å². The Morgan fingerprint density at radius 1 is 1.14 bits per heavy atom. The molecule has 0 aliphatic heterocycles. The summed E-state index contributed by atoms with van der Waals surface area (Å²) in [5.74, 6) is -0.197. The Balaban J connectivity index is 0.00000441. The summed E-state index contributed by atoms with van der Waals surface area (Å²) in [4.78, 5) is 25.8. The molecule has 1 rings (SSSR count). The van der Waals surface area contributed by atoms with Crippen LogP contribution in [-0.2, 0) is 9.59 Å². The highest BCUT2D eigenvalue weighted by Gasteiger charge is 2.22. The number of carbonyl (C=O) groups excluding carboxylic acids is 2. The van der Waals surface area contributed by atoms with Crippen LogP contribution in [0.1, 0.15) is 58.8 Å². The van der Waals surface area contributed by atoms with Crippen molar-refractivity contribution in [2.45, 2.75) is 70.9 Å². The Hall–Kier alpha value is -0.810. The van der Waals surface area contributed by atoms with Gasteiger partial charge in [-0.3, -0.25) is 9.59 Å². The van der Waals surface area contributed by atoms with Gasteiger partial charge >= 0.3 is 0 Å². The van der Waals surface area contributed by atoms with E-state index >= 15 is 0 Å². The molecule has 22 heavy (non-hydrogen) atoms. The van der Waals surface area contributed by atoms with E-state index in [2.05, 4.69) is 5.32 Å². The number of likely N-dealkylation sites (N-methyl/N-ethyl adjacent to an activating group) is 1. The molecule has 1 atom stereocenters. The molecule has 3 N–H and O–H groups in total. The lowest BCUT2D eigenvalue weighted by atomic mass is 9.96. The van der Waals surface area contributed by atoms with Crippen molar-refractivity contribution in [2.24, 2.45) is 11.7 Å². The van der Waals surface area contributed by atoms with E-state index in [0.29, 0.717) is 6.04 Å². The van der Waals surface area contributed by atoms with E-state index in [-0.39, 0.29) is 36.7 Å². The Labute approximate surface area is 140 Å². The van der Waals surface area contributed by atoms with Gasteiger partial charge in [-0.2, -0.15) is 0 Å². The van der Waals surface area contributed by atoms with Crippen molar-refractivity contribution in [1.82, 2.24) is 10.2 Å². The van der Waals surface area contributed by atoms with Gasteiger partial charge in [0.2, 0.25) is 11.8 Å². The topological polar surface area (TPSA) is 75.4 Å². The van der Waals surface area contributed by atoms with Crippen LogP contribution in [0.3, 0.4) is 0 Å². The Morgan fingerprint density at radius 2 is 1.64 bits per heavy atom. The van der Waals surface area contributed by atoms with Gasteiger partial charge < -0.3 is 16.0 Å². The minimum absolute atomic E-state index is 0. The minimum atomic E-state index is -0.551. The molecule has 0 bridgehead atoms. The smallest absolute Gasteiger partial charge is 0.241 e. The van der Waals surface area contributed by atoms with Crippen molar-refractivity contribution in [3.8, 4) is 0 Å². The van der Waals surface area contributed by atoms with Crippen molar-refractivity contribution >= 4 is 24.2 Å². The second-order valence-electron chi connectivity index (χ2n) is 6.49. The average Bonchev–Trinajstić information content (AvgIpc) is 2.42. The summed E-state index contributed by atoms with van der Waals surface area (Å²) in [6.45, 7) is 3.84. The van der Waals surface area contributed by atoms with Gasteiger partial charge in [-0.05, 0) is 18.8 Å². The van der Waals surface area contributed by atoms with Crippen LogP contribution in [0.15, 0.2) is 0 Å². The minimum Gasteiger partial charge on any atom is -0.346 e. The van der Waals surface area contributed by atoms with E-state index in [4.69, 9.17) is 5.73 Å². The first kappa shape index (κ1) is 21.2. The number of halogens is 1. The molecule has 0 radical (unpaired) electrons.